The van der Waals surface area contributed by atoms with E-state index in [1.165, 1.54) is 18.2 Å². The molecular formula is C15H12ClFN2O. The molecular weight excluding hydrogens is 279 g/mol. The van der Waals surface area contributed by atoms with E-state index in [-0.39, 0.29) is 10.9 Å². The molecule has 1 aliphatic heterocycles. The molecule has 0 radical (unpaired) electrons. The molecule has 0 saturated heterocycles. The Bertz CT molecular complexity index is 702. The number of hydrogen-bond acceptors (Lipinski definition) is 2. The fraction of sp³-hybridized carbons (Fsp3) is 0.133. The highest BCUT2D eigenvalue weighted by Crippen LogP contribution is 2.26. The lowest BCUT2D eigenvalue weighted by molar-refractivity contribution is 0.0751. The predicted octanol–water partition coefficient (Wildman–Crippen LogP) is 3.22. The Morgan fingerprint density at radius 1 is 1.15 bits per heavy atom. The van der Waals surface area contributed by atoms with Crippen LogP contribution < -0.4 is 5.73 Å². The van der Waals surface area contributed by atoms with Gasteiger partial charge in [0.05, 0.1) is 5.02 Å². The Morgan fingerprint density at radius 3 is 2.65 bits per heavy atom. The first-order chi connectivity index (χ1) is 9.54. The topological polar surface area (TPSA) is 46.3 Å². The van der Waals surface area contributed by atoms with E-state index in [2.05, 4.69) is 0 Å². The van der Waals surface area contributed by atoms with E-state index in [0.717, 1.165) is 11.1 Å². The summed E-state index contributed by atoms with van der Waals surface area (Å²) in [5, 5.41) is 0.0130. The van der Waals surface area contributed by atoms with Crippen molar-refractivity contribution in [3.05, 3.63) is 63.9 Å². The van der Waals surface area contributed by atoms with Crippen LogP contribution in [0, 0.1) is 5.82 Å². The van der Waals surface area contributed by atoms with Gasteiger partial charge in [0.2, 0.25) is 0 Å². The molecule has 3 nitrogen and oxygen atoms in total. The number of hydrogen-bond donors (Lipinski definition) is 1. The molecule has 102 valence electrons. The van der Waals surface area contributed by atoms with Crippen LogP contribution in [0.25, 0.3) is 0 Å². The van der Waals surface area contributed by atoms with Gasteiger partial charge in [-0.1, -0.05) is 17.7 Å². The molecule has 1 heterocycles. The van der Waals surface area contributed by atoms with Crippen molar-refractivity contribution in [3.8, 4) is 0 Å². The Kier molecular flexibility index (Phi) is 3.10. The molecule has 2 aromatic carbocycles. The quantitative estimate of drug-likeness (QED) is 0.820. The Labute approximate surface area is 120 Å². The highest BCUT2D eigenvalue weighted by Gasteiger charge is 2.24. The number of nitrogens with zero attached hydrogens (tertiary/aromatic N) is 1. The number of nitrogens with two attached hydrogens (primary N) is 1. The van der Waals surface area contributed by atoms with Gasteiger partial charge in [0, 0.05) is 24.3 Å². The maximum Gasteiger partial charge on any atom is 0.254 e. The van der Waals surface area contributed by atoms with Gasteiger partial charge in [-0.05, 0) is 41.5 Å². The van der Waals surface area contributed by atoms with E-state index in [1.54, 1.807) is 4.90 Å². The molecule has 1 aliphatic rings. The third kappa shape index (κ3) is 2.23. The summed E-state index contributed by atoms with van der Waals surface area (Å²) in [6, 6.07) is 9.69. The SMILES string of the molecule is Nc1ccc2c(c1)CN(C(=O)c1ccc(Cl)c(F)c1)C2. The zero-order valence-electron chi connectivity index (χ0n) is 10.6. The zero-order valence-corrected chi connectivity index (χ0v) is 11.3. The van der Waals surface area contributed by atoms with Crippen molar-refractivity contribution in [1.29, 1.82) is 0 Å². The van der Waals surface area contributed by atoms with Crippen molar-refractivity contribution >= 4 is 23.2 Å². The standard InChI is InChI=1S/C15H12ClFN2O/c16-13-4-2-9(6-14(13)17)15(20)19-7-10-1-3-12(18)5-11(10)8-19/h1-6H,7-8,18H2. The summed E-state index contributed by atoms with van der Waals surface area (Å²) in [7, 11) is 0. The minimum atomic E-state index is -0.585. The van der Waals surface area contributed by atoms with Gasteiger partial charge in [-0.3, -0.25) is 4.79 Å². The number of rotatable bonds is 1. The van der Waals surface area contributed by atoms with E-state index >= 15 is 0 Å². The van der Waals surface area contributed by atoms with Crippen LogP contribution in [0.3, 0.4) is 0 Å². The van der Waals surface area contributed by atoms with Crippen LogP contribution in [0.4, 0.5) is 10.1 Å². The number of nitrogen functional groups attached to an aromatic ring is 1. The molecule has 0 atom stereocenters. The number of halogens is 2. The second-order valence-electron chi connectivity index (χ2n) is 4.82. The fourth-order valence-corrected chi connectivity index (χ4v) is 2.49. The second kappa shape index (κ2) is 4.80. The first-order valence-corrected chi connectivity index (χ1v) is 6.54. The highest BCUT2D eigenvalue weighted by molar-refractivity contribution is 6.30. The number of carbonyl (C=O) groups is 1. The Hall–Kier alpha value is -2.07. The molecule has 1 amide bonds. The zero-order chi connectivity index (χ0) is 14.3. The van der Waals surface area contributed by atoms with E-state index in [0.29, 0.717) is 24.3 Å². The van der Waals surface area contributed by atoms with Crippen LogP contribution in [-0.4, -0.2) is 10.8 Å². The molecule has 3 rings (SSSR count). The molecule has 0 aromatic heterocycles. The van der Waals surface area contributed by atoms with Gasteiger partial charge in [-0.25, -0.2) is 4.39 Å². The average molecular weight is 291 g/mol. The second-order valence-corrected chi connectivity index (χ2v) is 5.23. The molecule has 0 saturated carbocycles. The van der Waals surface area contributed by atoms with Crippen LogP contribution in [0.15, 0.2) is 36.4 Å². The van der Waals surface area contributed by atoms with Gasteiger partial charge >= 0.3 is 0 Å². The van der Waals surface area contributed by atoms with Crippen molar-refractivity contribution in [1.82, 2.24) is 4.90 Å². The van der Waals surface area contributed by atoms with Gasteiger partial charge in [-0.2, -0.15) is 0 Å². The fourth-order valence-electron chi connectivity index (χ4n) is 2.37. The summed E-state index contributed by atoms with van der Waals surface area (Å²) in [6.07, 6.45) is 0. The van der Waals surface area contributed by atoms with E-state index in [4.69, 9.17) is 17.3 Å². The number of carbonyl (C=O) groups excluding carboxylic acids is 1. The van der Waals surface area contributed by atoms with Crippen LogP contribution in [-0.2, 0) is 13.1 Å². The number of amides is 1. The Morgan fingerprint density at radius 2 is 1.90 bits per heavy atom. The monoisotopic (exact) mass is 290 g/mol. The van der Waals surface area contributed by atoms with Crippen molar-refractivity contribution in [2.75, 3.05) is 5.73 Å². The molecule has 0 spiro atoms. The third-order valence-electron chi connectivity index (χ3n) is 3.41. The highest BCUT2D eigenvalue weighted by atomic mass is 35.5. The minimum Gasteiger partial charge on any atom is -0.399 e. The molecule has 5 heteroatoms. The van der Waals surface area contributed by atoms with Crippen LogP contribution in [0.5, 0.6) is 0 Å². The number of fused-ring (bicyclic) bond motifs is 1. The number of anilines is 1. The van der Waals surface area contributed by atoms with Gasteiger partial charge in [0.1, 0.15) is 5.82 Å². The molecule has 0 bridgehead atoms. The van der Waals surface area contributed by atoms with Crippen LogP contribution in [0.1, 0.15) is 21.5 Å². The molecule has 0 fully saturated rings. The lowest BCUT2D eigenvalue weighted by atomic mass is 10.1. The Balaban J connectivity index is 1.85. The summed E-state index contributed by atoms with van der Waals surface area (Å²) in [6.45, 7) is 1.00. The molecule has 2 aromatic rings. The maximum atomic E-state index is 13.4. The molecule has 2 N–H and O–H groups in total. The summed E-state index contributed by atoms with van der Waals surface area (Å²) < 4.78 is 13.4. The minimum absolute atomic E-state index is 0.0130. The number of benzene rings is 2. The van der Waals surface area contributed by atoms with Gasteiger partial charge in [0.25, 0.3) is 5.91 Å². The van der Waals surface area contributed by atoms with Crippen molar-refractivity contribution < 1.29 is 9.18 Å². The van der Waals surface area contributed by atoms with Crippen molar-refractivity contribution in [2.24, 2.45) is 0 Å². The van der Waals surface area contributed by atoms with Gasteiger partial charge < -0.3 is 10.6 Å². The van der Waals surface area contributed by atoms with Crippen LogP contribution in [0.2, 0.25) is 5.02 Å². The van der Waals surface area contributed by atoms with Gasteiger partial charge in [-0.15, -0.1) is 0 Å². The predicted molar refractivity (Wildman–Crippen MR) is 75.8 cm³/mol. The van der Waals surface area contributed by atoms with Crippen molar-refractivity contribution in [3.63, 3.8) is 0 Å². The summed E-state index contributed by atoms with van der Waals surface area (Å²) in [5.41, 5.74) is 8.81. The summed E-state index contributed by atoms with van der Waals surface area (Å²) >= 11 is 5.62. The van der Waals surface area contributed by atoms with Gasteiger partial charge in [0.15, 0.2) is 0 Å². The first kappa shape index (κ1) is 12.9. The maximum absolute atomic E-state index is 13.4. The van der Waals surface area contributed by atoms with E-state index < -0.39 is 5.82 Å². The first-order valence-electron chi connectivity index (χ1n) is 6.16. The average Bonchev–Trinajstić information content (AvgIpc) is 2.84. The molecule has 0 aliphatic carbocycles. The molecule has 20 heavy (non-hydrogen) atoms. The van der Waals surface area contributed by atoms with E-state index in [9.17, 15) is 9.18 Å². The van der Waals surface area contributed by atoms with E-state index in [1.807, 2.05) is 18.2 Å². The van der Waals surface area contributed by atoms with Crippen LogP contribution >= 0.6 is 11.6 Å². The largest absolute Gasteiger partial charge is 0.399 e. The smallest absolute Gasteiger partial charge is 0.254 e. The summed E-state index contributed by atoms with van der Waals surface area (Å²) in [4.78, 5) is 14.0. The lowest BCUT2D eigenvalue weighted by Gasteiger charge is -2.15. The molecule has 0 unspecified atom stereocenters. The van der Waals surface area contributed by atoms with Crippen molar-refractivity contribution in [2.45, 2.75) is 13.1 Å². The summed E-state index contributed by atoms with van der Waals surface area (Å²) in [5.74, 6) is -0.797. The lowest BCUT2D eigenvalue weighted by Crippen LogP contribution is -2.25. The normalized spacial score (nSPS) is 13.4. The third-order valence-corrected chi connectivity index (χ3v) is 3.71.